The minimum atomic E-state index is -0.894. The second-order valence-corrected chi connectivity index (χ2v) is 4.95. The molecule has 0 aromatic heterocycles. The van der Waals surface area contributed by atoms with Crippen molar-refractivity contribution in [2.75, 3.05) is 6.54 Å². The molecule has 0 spiro atoms. The number of rotatable bonds is 6. The summed E-state index contributed by atoms with van der Waals surface area (Å²) in [4.78, 5) is 11.4. The first kappa shape index (κ1) is 15.2. The number of aliphatic carboxylic acids is 1. The van der Waals surface area contributed by atoms with Gasteiger partial charge in [-0.3, -0.25) is 4.79 Å². The largest absolute Gasteiger partial charge is 0.481 e. The van der Waals surface area contributed by atoms with E-state index in [2.05, 4.69) is 5.32 Å². The summed E-state index contributed by atoms with van der Waals surface area (Å²) in [5, 5.41) is 12.4. The molecule has 3 nitrogen and oxygen atoms in total. The van der Waals surface area contributed by atoms with Crippen LogP contribution in [0, 0.1) is 5.82 Å². The van der Waals surface area contributed by atoms with Crippen molar-refractivity contribution in [2.45, 2.75) is 18.9 Å². The zero-order chi connectivity index (χ0) is 15.2. The number of halogens is 1. The number of carboxylic acid groups (broad SMARTS) is 1. The molecule has 0 saturated carbocycles. The minimum absolute atomic E-state index is 0.245. The summed E-state index contributed by atoms with van der Waals surface area (Å²) in [6.07, 6.45) is 0. The SMILES string of the molecule is CC(NCC(C(=O)O)c1ccccc1)c1ccccc1F. The number of nitrogens with one attached hydrogen (secondary N) is 1. The average molecular weight is 287 g/mol. The number of carboxylic acids is 1. The molecule has 0 aliphatic heterocycles. The highest BCUT2D eigenvalue weighted by atomic mass is 19.1. The lowest BCUT2D eigenvalue weighted by Crippen LogP contribution is -2.29. The van der Waals surface area contributed by atoms with Gasteiger partial charge >= 0.3 is 5.97 Å². The summed E-state index contributed by atoms with van der Waals surface area (Å²) in [5.74, 6) is -1.83. The summed E-state index contributed by atoms with van der Waals surface area (Å²) in [5.41, 5.74) is 1.27. The summed E-state index contributed by atoms with van der Waals surface area (Å²) in [6.45, 7) is 2.07. The molecule has 21 heavy (non-hydrogen) atoms. The molecule has 2 unspecified atom stereocenters. The summed E-state index contributed by atoms with van der Waals surface area (Å²) >= 11 is 0. The Morgan fingerprint density at radius 1 is 1.14 bits per heavy atom. The highest BCUT2D eigenvalue weighted by Crippen LogP contribution is 2.19. The maximum Gasteiger partial charge on any atom is 0.312 e. The van der Waals surface area contributed by atoms with Gasteiger partial charge in [0.05, 0.1) is 5.92 Å². The van der Waals surface area contributed by atoms with Crippen molar-refractivity contribution >= 4 is 5.97 Å². The average Bonchev–Trinajstić information content (AvgIpc) is 2.48. The second kappa shape index (κ2) is 6.99. The fraction of sp³-hybridized carbons (Fsp3) is 0.235. The standard InChI is InChI=1S/C17H18FNO2/c1-12(14-9-5-6-10-16(14)18)19-11-15(17(20)21)13-7-3-2-4-8-13/h2-10,12,15,19H,11H2,1H3,(H,20,21). The third-order valence-corrected chi connectivity index (χ3v) is 3.50. The van der Waals surface area contributed by atoms with Gasteiger partial charge in [-0.1, -0.05) is 48.5 Å². The first-order valence-electron chi connectivity index (χ1n) is 6.85. The minimum Gasteiger partial charge on any atom is -0.481 e. The highest BCUT2D eigenvalue weighted by molar-refractivity contribution is 5.76. The Morgan fingerprint density at radius 2 is 1.76 bits per heavy atom. The molecule has 0 amide bonds. The molecule has 0 saturated heterocycles. The van der Waals surface area contributed by atoms with Crippen LogP contribution in [0.4, 0.5) is 4.39 Å². The van der Waals surface area contributed by atoms with Gasteiger partial charge in [-0.05, 0) is 18.6 Å². The maximum atomic E-state index is 13.7. The van der Waals surface area contributed by atoms with Gasteiger partial charge in [-0.2, -0.15) is 0 Å². The maximum absolute atomic E-state index is 13.7. The lowest BCUT2D eigenvalue weighted by atomic mass is 9.98. The van der Waals surface area contributed by atoms with E-state index in [0.29, 0.717) is 5.56 Å². The number of hydrogen-bond acceptors (Lipinski definition) is 2. The molecule has 2 atom stereocenters. The number of benzene rings is 2. The molecule has 2 N–H and O–H groups in total. The Kier molecular flexibility index (Phi) is 5.06. The van der Waals surface area contributed by atoms with Crippen LogP contribution in [0.1, 0.15) is 30.0 Å². The van der Waals surface area contributed by atoms with Gasteiger partial charge < -0.3 is 10.4 Å². The van der Waals surface area contributed by atoms with Gasteiger partial charge in [-0.15, -0.1) is 0 Å². The molecule has 0 bridgehead atoms. The van der Waals surface area contributed by atoms with E-state index in [1.165, 1.54) is 6.07 Å². The molecular formula is C17H18FNO2. The predicted molar refractivity (Wildman–Crippen MR) is 79.6 cm³/mol. The van der Waals surface area contributed by atoms with Gasteiger partial charge in [0.15, 0.2) is 0 Å². The van der Waals surface area contributed by atoms with Crippen molar-refractivity contribution in [1.29, 1.82) is 0 Å². The van der Waals surface area contributed by atoms with Crippen LogP contribution in [0.5, 0.6) is 0 Å². The molecule has 2 aromatic rings. The van der Waals surface area contributed by atoms with Gasteiger partial charge in [0, 0.05) is 18.2 Å². The summed E-state index contributed by atoms with van der Waals surface area (Å²) in [7, 11) is 0. The quantitative estimate of drug-likeness (QED) is 0.856. The molecule has 2 rings (SSSR count). The van der Waals surface area contributed by atoms with E-state index < -0.39 is 11.9 Å². The fourth-order valence-electron chi connectivity index (χ4n) is 2.26. The highest BCUT2D eigenvalue weighted by Gasteiger charge is 2.21. The van der Waals surface area contributed by atoms with Crippen LogP contribution in [-0.2, 0) is 4.79 Å². The first-order chi connectivity index (χ1) is 10.1. The second-order valence-electron chi connectivity index (χ2n) is 4.95. The van der Waals surface area contributed by atoms with E-state index in [9.17, 15) is 14.3 Å². The van der Waals surface area contributed by atoms with E-state index >= 15 is 0 Å². The molecule has 0 radical (unpaired) electrons. The summed E-state index contributed by atoms with van der Waals surface area (Å²) < 4.78 is 13.7. The number of carbonyl (C=O) groups is 1. The zero-order valence-corrected chi connectivity index (χ0v) is 11.8. The Balaban J connectivity index is 2.06. The van der Waals surface area contributed by atoms with E-state index in [1.807, 2.05) is 25.1 Å². The molecule has 0 fully saturated rings. The van der Waals surface area contributed by atoms with Crippen LogP contribution < -0.4 is 5.32 Å². The van der Waals surface area contributed by atoms with Gasteiger partial charge in [-0.25, -0.2) is 4.39 Å². The lowest BCUT2D eigenvalue weighted by molar-refractivity contribution is -0.138. The third kappa shape index (κ3) is 3.89. The number of hydrogen-bond donors (Lipinski definition) is 2. The molecule has 0 aliphatic carbocycles. The Hall–Kier alpha value is -2.20. The Labute approximate surface area is 123 Å². The topological polar surface area (TPSA) is 49.3 Å². The van der Waals surface area contributed by atoms with Crippen LogP contribution in [0.25, 0.3) is 0 Å². The fourth-order valence-corrected chi connectivity index (χ4v) is 2.26. The Bertz CT molecular complexity index is 601. The van der Waals surface area contributed by atoms with Crippen LogP contribution in [0.2, 0.25) is 0 Å². The van der Waals surface area contributed by atoms with Crippen molar-refractivity contribution in [2.24, 2.45) is 0 Å². The molecular weight excluding hydrogens is 269 g/mol. The predicted octanol–water partition coefficient (Wildman–Crippen LogP) is 3.34. The van der Waals surface area contributed by atoms with Crippen LogP contribution in [-0.4, -0.2) is 17.6 Å². The molecule has 0 aliphatic rings. The van der Waals surface area contributed by atoms with Crippen molar-refractivity contribution < 1.29 is 14.3 Å². The molecule has 110 valence electrons. The van der Waals surface area contributed by atoms with E-state index in [4.69, 9.17) is 0 Å². The van der Waals surface area contributed by atoms with Crippen molar-refractivity contribution in [3.8, 4) is 0 Å². The van der Waals surface area contributed by atoms with Crippen molar-refractivity contribution in [1.82, 2.24) is 5.32 Å². The van der Waals surface area contributed by atoms with E-state index in [0.717, 1.165) is 5.56 Å². The van der Waals surface area contributed by atoms with Gasteiger partial charge in [0.2, 0.25) is 0 Å². The van der Waals surface area contributed by atoms with Crippen molar-refractivity contribution in [3.05, 3.63) is 71.5 Å². The van der Waals surface area contributed by atoms with E-state index in [1.54, 1.807) is 30.3 Å². The van der Waals surface area contributed by atoms with Crippen LogP contribution in [0.15, 0.2) is 54.6 Å². The third-order valence-electron chi connectivity index (χ3n) is 3.50. The molecule has 0 heterocycles. The van der Waals surface area contributed by atoms with Crippen LogP contribution >= 0.6 is 0 Å². The summed E-state index contributed by atoms with van der Waals surface area (Å²) in [6, 6.07) is 15.3. The molecule has 4 heteroatoms. The first-order valence-corrected chi connectivity index (χ1v) is 6.85. The lowest BCUT2D eigenvalue weighted by Gasteiger charge is -2.19. The Morgan fingerprint density at radius 3 is 2.38 bits per heavy atom. The van der Waals surface area contributed by atoms with Crippen molar-refractivity contribution in [3.63, 3.8) is 0 Å². The normalized spacial score (nSPS) is 13.6. The van der Waals surface area contributed by atoms with E-state index in [-0.39, 0.29) is 18.4 Å². The zero-order valence-electron chi connectivity index (χ0n) is 11.8. The van der Waals surface area contributed by atoms with Gasteiger partial charge in [0.1, 0.15) is 5.82 Å². The van der Waals surface area contributed by atoms with Crippen LogP contribution in [0.3, 0.4) is 0 Å². The monoisotopic (exact) mass is 287 g/mol. The smallest absolute Gasteiger partial charge is 0.312 e. The van der Waals surface area contributed by atoms with Gasteiger partial charge in [0.25, 0.3) is 0 Å². The molecule has 2 aromatic carbocycles.